The highest BCUT2D eigenvalue weighted by Gasteiger charge is 2.16. The maximum atomic E-state index is 13.3. The molecule has 0 spiro atoms. The lowest BCUT2D eigenvalue weighted by Gasteiger charge is -2.12. The van der Waals surface area contributed by atoms with Gasteiger partial charge in [0.1, 0.15) is 10.2 Å². The first-order valence-electron chi connectivity index (χ1n) is 3.94. The molecule has 0 saturated heterocycles. The molecule has 14 heavy (non-hydrogen) atoms. The second kappa shape index (κ2) is 4.61. The van der Waals surface area contributed by atoms with Crippen molar-refractivity contribution >= 4 is 15.9 Å². The number of hydrogen-bond acceptors (Lipinski definition) is 3. The van der Waals surface area contributed by atoms with Crippen LogP contribution in [0.2, 0.25) is 0 Å². The molecule has 3 nitrogen and oxygen atoms in total. The Hall–Kier alpha value is -0.810. The van der Waals surface area contributed by atoms with Crippen molar-refractivity contribution in [2.24, 2.45) is 5.73 Å². The number of halogens is 2. The molecule has 78 valence electrons. The van der Waals surface area contributed by atoms with E-state index in [1.807, 2.05) is 0 Å². The molecule has 0 aliphatic heterocycles. The van der Waals surface area contributed by atoms with Gasteiger partial charge < -0.3 is 15.2 Å². The van der Waals surface area contributed by atoms with Gasteiger partial charge in [0.15, 0.2) is 11.6 Å². The van der Waals surface area contributed by atoms with Gasteiger partial charge in [-0.3, -0.25) is 0 Å². The summed E-state index contributed by atoms with van der Waals surface area (Å²) < 4.78 is 23.8. The topological polar surface area (TPSA) is 44.5 Å². The Kier molecular flexibility index (Phi) is 3.71. The van der Waals surface area contributed by atoms with E-state index in [-0.39, 0.29) is 12.3 Å². The van der Waals surface area contributed by atoms with E-state index in [0.29, 0.717) is 15.8 Å². The molecule has 0 unspecified atom stereocenters. The van der Waals surface area contributed by atoms with Crippen molar-refractivity contribution in [3.8, 4) is 11.5 Å². The molecule has 0 aromatic heterocycles. The molecule has 0 fully saturated rings. The molecule has 1 rings (SSSR count). The first kappa shape index (κ1) is 11.3. The van der Waals surface area contributed by atoms with Crippen molar-refractivity contribution < 1.29 is 13.9 Å². The zero-order chi connectivity index (χ0) is 10.7. The van der Waals surface area contributed by atoms with Gasteiger partial charge >= 0.3 is 0 Å². The van der Waals surface area contributed by atoms with Crippen molar-refractivity contribution in [1.82, 2.24) is 0 Å². The largest absolute Gasteiger partial charge is 0.495 e. The summed E-state index contributed by atoms with van der Waals surface area (Å²) >= 11 is 3.20. The smallest absolute Gasteiger partial charge is 0.172 e. The molecule has 0 aliphatic rings. The Morgan fingerprint density at radius 2 is 1.93 bits per heavy atom. The number of methoxy groups -OCH3 is 2. The van der Waals surface area contributed by atoms with Gasteiger partial charge in [0.25, 0.3) is 0 Å². The fourth-order valence-corrected chi connectivity index (χ4v) is 1.96. The quantitative estimate of drug-likeness (QED) is 0.908. The number of ether oxygens (including phenoxy) is 2. The Morgan fingerprint density at radius 3 is 2.36 bits per heavy atom. The van der Waals surface area contributed by atoms with E-state index in [2.05, 4.69) is 15.9 Å². The van der Waals surface area contributed by atoms with E-state index >= 15 is 0 Å². The number of nitrogens with two attached hydrogens (primary N) is 1. The van der Waals surface area contributed by atoms with Crippen molar-refractivity contribution in [3.05, 3.63) is 21.9 Å². The lowest BCUT2D eigenvalue weighted by atomic mass is 10.2. The van der Waals surface area contributed by atoms with Crippen LogP contribution in [0.15, 0.2) is 10.5 Å². The fraction of sp³-hybridized carbons (Fsp3) is 0.333. The van der Waals surface area contributed by atoms with E-state index in [1.165, 1.54) is 20.3 Å². The third kappa shape index (κ3) is 1.83. The minimum Gasteiger partial charge on any atom is -0.495 e. The van der Waals surface area contributed by atoms with Gasteiger partial charge in [0, 0.05) is 12.1 Å². The van der Waals surface area contributed by atoms with Crippen LogP contribution in [-0.2, 0) is 6.54 Å². The Bertz CT molecular complexity index is 344. The van der Waals surface area contributed by atoms with E-state index in [0.717, 1.165) is 0 Å². The van der Waals surface area contributed by atoms with Crippen molar-refractivity contribution in [2.45, 2.75) is 6.54 Å². The highest BCUT2D eigenvalue weighted by atomic mass is 79.9. The van der Waals surface area contributed by atoms with Crippen LogP contribution in [-0.4, -0.2) is 14.2 Å². The van der Waals surface area contributed by atoms with Crippen LogP contribution < -0.4 is 15.2 Å². The van der Waals surface area contributed by atoms with E-state index in [4.69, 9.17) is 15.2 Å². The van der Waals surface area contributed by atoms with Crippen LogP contribution in [0.3, 0.4) is 0 Å². The average molecular weight is 264 g/mol. The molecule has 0 saturated carbocycles. The summed E-state index contributed by atoms with van der Waals surface area (Å²) in [5.74, 6) is 0.172. The zero-order valence-electron chi connectivity index (χ0n) is 7.93. The normalized spacial score (nSPS) is 10.1. The maximum absolute atomic E-state index is 13.3. The number of rotatable bonds is 3. The minimum atomic E-state index is -0.458. The summed E-state index contributed by atoms with van der Waals surface area (Å²) in [6.07, 6.45) is 0. The molecule has 0 radical (unpaired) electrons. The van der Waals surface area contributed by atoms with Crippen LogP contribution in [0.5, 0.6) is 11.5 Å². The molecule has 0 atom stereocenters. The molecule has 0 amide bonds. The van der Waals surface area contributed by atoms with Crippen molar-refractivity contribution in [2.75, 3.05) is 14.2 Å². The highest BCUT2D eigenvalue weighted by molar-refractivity contribution is 9.10. The van der Waals surface area contributed by atoms with Crippen LogP contribution >= 0.6 is 15.9 Å². The van der Waals surface area contributed by atoms with Gasteiger partial charge in [-0.1, -0.05) is 0 Å². The molecule has 0 heterocycles. The highest BCUT2D eigenvalue weighted by Crippen LogP contribution is 2.39. The first-order valence-corrected chi connectivity index (χ1v) is 4.73. The van der Waals surface area contributed by atoms with Gasteiger partial charge in [-0.05, 0) is 22.0 Å². The van der Waals surface area contributed by atoms with Gasteiger partial charge in [-0.2, -0.15) is 0 Å². The third-order valence-electron chi connectivity index (χ3n) is 1.84. The minimum absolute atomic E-state index is 0.124. The summed E-state index contributed by atoms with van der Waals surface area (Å²) in [6, 6.07) is 1.31. The average Bonchev–Trinajstić information content (AvgIpc) is 2.17. The van der Waals surface area contributed by atoms with Gasteiger partial charge in [0.05, 0.1) is 14.2 Å². The van der Waals surface area contributed by atoms with E-state index < -0.39 is 5.82 Å². The zero-order valence-corrected chi connectivity index (χ0v) is 9.52. The summed E-state index contributed by atoms with van der Waals surface area (Å²) in [5, 5.41) is 0. The Morgan fingerprint density at radius 1 is 1.36 bits per heavy atom. The summed E-state index contributed by atoms with van der Waals surface area (Å²) in [4.78, 5) is 0. The first-order chi connectivity index (χ1) is 6.65. The summed E-state index contributed by atoms with van der Waals surface area (Å²) in [5.41, 5.74) is 6.04. The molecule has 0 aliphatic carbocycles. The Balaban J connectivity index is 3.39. The molecule has 0 bridgehead atoms. The summed E-state index contributed by atoms with van der Waals surface area (Å²) in [7, 11) is 2.89. The number of hydrogen-bond donors (Lipinski definition) is 1. The van der Waals surface area contributed by atoms with Crippen LogP contribution in [0.1, 0.15) is 5.56 Å². The molecule has 2 N–H and O–H groups in total. The predicted molar refractivity (Wildman–Crippen MR) is 55.1 cm³/mol. The van der Waals surface area contributed by atoms with Crippen LogP contribution in [0.4, 0.5) is 4.39 Å². The van der Waals surface area contributed by atoms with Gasteiger partial charge in [-0.25, -0.2) is 4.39 Å². The molecule has 5 heteroatoms. The predicted octanol–water partition coefficient (Wildman–Crippen LogP) is 2.06. The second-order valence-corrected chi connectivity index (χ2v) is 3.40. The van der Waals surface area contributed by atoms with Crippen LogP contribution in [0, 0.1) is 5.82 Å². The second-order valence-electron chi connectivity index (χ2n) is 2.60. The standard InChI is InChI=1S/C9H11BrFNO2/c1-13-8-5(4-12)3-6(11)9(14-2)7(8)10/h3H,4,12H2,1-2H3. The van der Waals surface area contributed by atoms with Crippen LogP contribution in [0.25, 0.3) is 0 Å². The van der Waals surface area contributed by atoms with E-state index in [1.54, 1.807) is 0 Å². The number of benzene rings is 1. The van der Waals surface area contributed by atoms with Gasteiger partial charge in [-0.15, -0.1) is 0 Å². The van der Waals surface area contributed by atoms with E-state index in [9.17, 15) is 4.39 Å². The third-order valence-corrected chi connectivity index (χ3v) is 2.56. The Labute approximate surface area is 90.1 Å². The molecular weight excluding hydrogens is 253 g/mol. The van der Waals surface area contributed by atoms with Crippen molar-refractivity contribution in [3.63, 3.8) is 0 Å². The lowest BCUT2D eigenvalue weighted by Crippen LogP contribution is -2.03. The molecule has 1 aromatic carbocycles. The maximum Gasteiger partial charge on any atom is 0.172 e. The lowest BCUT2D eigenvalue weighted by molar-refractivity contribution is 0.367. The molecule has 1 aromatic rings. The molecular formula is C9H11BrFNO2. The fourth-order valence-electron chi connectivity index (χ4n) is 1.19. The summed E-state index contributed by atoms with van der Waals surface area (Å²) in [6.45, 7) is 0.211. The van der Waals surface area contributed by atoms with Gasteiger partial charge in [0.2, 0.25) is 0 Å². The monoisotopic (exact) mass is 263 g/mol. The SMILES string of the molecule is COc1c(F)cc(CN)c(OC)c1Br. The van der Waals surface area contributed by atoms with Crippen molar-refractivity contribution in [1.29, 1.82) is 0 Å².